The minimum atomic E-state index is -2.75. The third-order valence-corrected chi connectivity index (χ3v) is 5.78. The third kappa shape index (κ3) is 4.14. The number of fused-ring (bicyclic) bond motifs is 2. The summed E-state index contributed by atoms with van der Waals surface area (Å²) < 4.78 is 52.8. The van der Waals surface area contributed by atoms with Crippen LogP contribution in [0.1, 0.15) is 23.6 Å². The maximum absolute atomic E-state index is 14.9. The molecule has 1 amide bonds. The highest BCUT2D eigenvalue weighted by Crippen LogP contribution is 2.50. The zero-order chi connectivity index (χ0) is 23.8. The molecular formula is C24H22F3NO5. The normalized spacial score (nSPS) is 21.7. The van der Waals surface area contributed by atoms with Crippen molar-refractivity contribution in [3.05, 3.63) is 70.5 Å². The van der Waals surface area contributed by atoms with E-state index < -0.39 is 42.4 Å². The van der Waals surface area contributed by atoms with Crippen LogP contribution in [-0.2, 0) is 31.3 Å². The van der Waals surface area contributed by atoms with Gasteiger partial charge in [0.15, 0.2) is 0 Å². The van der Waals surface area contributed by atoms with Gasteiger partial charge in [-0.05, 0) is 36.3 Å². The number of hydrogen-bond acceptors (Lipinski definition) is 4. The first-order valence-corrected chi connectivity index (χ1v) is 10.5. The SMILES string of the molecule is CCOC1(OCC(F)F)c2ccccc2C=C2C(=O)N(c3ccc(CC(=O)O)cc3F)CC21. The van der Waals surface area contributed by atoms with Crippen LogP contribution in [0.5, 0.6) is 0 Å². The molecule has 4 rings (SSSR count). The molecule has 1 saturated heterocycles. The average molecular weight is 461 g/mol. The van der Waals surface area contributed by atoms with Crippen molar-refractivity contribution in [2.24, 2.45) is 5.92 Å². The van der Waals surface area contributed by atoms with E-state index in [0.29, 0.717) is 11.1 Å². The Morgan fingerprint density at radius 3 is 2.67 bits per heavy atom. The van der Waals surface area contributed by atoms with Crippen molar-refractivity contribution >= 4 is 23.6 Å². The van der Waals surface area contributed by atoms with Crippen LogP contribution in [0.3, 0.4) is 0 Å². The maximum Gasteiger partial charge on any atom is 0.307 e. The molecule has 0 bridgehead atoms. The number of ether oxygens (including phenoxy) is 2. The summed E-state index contributed by atoms with van der Waals surface area (Å²) in [5, 5.41) is 8.93. The topological polar surface area (TPSA) is 76.1 Å². The fraction of sp³-hybridized carbons (Fsp3) is 0.333. The molecule has 1 N–H and O–H groups in total. The van der Waals surface area contributed by atoms with Gasteiger partial charge in [0.1, 0.15) is 12.4 Å². The van der Waals surface area contributed by atoms with Gasteiger partial charge >= 0.3 is 5.97 Å². The zero-order valence-corrected chi connectivity index (χ0v) is 17.8. The van der Waals surface area contributed by atoms with Crippen molar-refractivity contribution in [2.75, 3.05) is 24.7 Å². The Kier molecular flexibility index (Phi) is 6.27. The summed E-state index contributed by atoms with van der Waals surface area (Å²) in [7, 11) is 0. The van der Waals surface area contributed by atoms with Crippen molar-refractivity contribution in [2.45, 2.75) is 25.6 Å². The average Bonchev–Trinajstić information content (AvgIpc) is 3.09. The van der Waals surface area contributed by atoms with Crippen LogP contribution in [0, 0.1) is 11.7 Å². The molecule has 0 spiro atoms. The Morgan fingerprint density at radius 1 is 1.24 bits per heavy atom. The molecule has 6 nitrogen and oxygen atoms in total. The fourth-order valence-electron chi connectivity index (χ4n) is 4.51. The summed E-state index contributed by atoms with van der Waals surface area (Å²) in [4.78, 5) is 25.5. The standard InChI is InChI=1S/C24H22F3NO5/c1-2-32-24(33-13-21(26)27)17-6-4-3-5-15(17)11-16-18(24)12-28(23(16)31)20-8-7-14(9-19(20)25)10-22(29)30/h3-9,11,18,21H,2,10,12-13H2,1H3,(H,29,30). The Hall–Kier alpha value is -3.17. The quantitative estimate of drug-likeness (QED) is 0.602. The minimum absolute atomic E-state index is 0.0345. The second kappa shape index (κ2) is 8.99. The van der Waals surface area contributed by atoms with E-state index in [2.05, 4.69) is 0 Å². The lowest BCUT2D eigenvalue weighted by Crippen LogP contribution is -2.46. The number of aliphatic carboxylic acids is 1. The zero-order valence-electron chi connectivity index (χ0n) is 17.8. The summed E-state index contributed by atoms with van der Waals surface area (Å²) in [6.45, 7) is 0.874. The molecule has 33 heavy (non-hydrogen) atoms. The molecule has 1 fully saturated rings. The van der Waals surface area contributed by atoms with E-state index in [-0.39, 0.29) is 36.4 Å². The number of hydrogen-bond donors (Lipinski definition) is 1. The van der Waals surface area contributed by atoms with Gasteiger partial charge in [0.2, 0.25) is 5.79 Å². The third-order valence-electron chi connectivity index (χ3n) is 5.78. The van der Waals surface area contributed by atoms with Gasteiger partial charge in [0, 0.05) is 24.3 Å². The van der Waals surface area contributed by atoms with Gasteiger partial charge in [-0.3, -0.25) is 9.59 Å². The van der Waals surface area contributed by atoms with Crippen LogP contribution in [0.2, 0.25) is 0 Å². The lowest BCUT2D eigenvalue weighted by molar-refractivity contribution is -0.277. The predicted octanol–water partition coefficient (Wildman–Crippen LogP) is 3.98. The molecular weight excluding hydrogens is 439 g/mol. The van der Waals surface area contributed by atoms with E-state index in [0.717, 1.165) is 6.07 Å². The second-order valence-corrected chi connectivity index (χ2v) is 7.81. The van der Waals surface area contributed by atoms with Crippen molar-refractivity contribution < 1.29 is 37.3 Å². The number of carbonyl (C=O) groups excluding carboxylic acids is 1. The number of rotatable bonds is 8. The number of carbonyl (C=O) groups is 2. The first kappa shape index (κ1) is 23.0. The summed E-state index contributed by atoms with van der Waals surface area (Å²) in [5.74, 6) is -4.78. The second-order valence-electron chi connectivity index (χ2n) is 7.81. The highest BCUT2D eigenvalue weighted by atomic mass is 19.3. The lowest BCUT2D eigenvalue weighted by Gasteiger charge is -2.41. The molecule has 0 saturated carbocycles. The number of anilines is 1. The Morgan fingerprint density at radius 2 is 2.00 bits per heavy atom. The van der Waals surface area contributed by atoms with Crippen molar-refractivity contribution in [1.82, 2.24) is 0 Å². The van der Waals surface area contributed by atoms with Gasteiger partial charge in [-0.1, -0.05) is 30.3 Å². The van der Waals surface area contributed by atoms with Gasteiger partial charge < -0.3 is 19.5 Å². The number of amides is 1. The number of carboxylic acid groups (broad SMARTS) is 1. The number of nitrogens with zero attached hydrogens (tertiary/aromatic N) is 1. The van der Waals surface area contributed by atoms with E-state index in [1.807, 2.05) is 0 Å². The summed E-state index contributed by atoms with van der Waals surface area (Å²) in [5.41, 5.74) is 1.61. The molecule has 0 radical (unpaired) electrons. The van der Waals surface area contributed by atoms with Crippen LogP contribution >= 0.6 is 0 Å². The molecule has 2 aliphatic rings. The molecule has 1 heterocycles. The Labute approximate surface area is 188 Å². The van der Waals surface area contributed by atoms with E-state index in [1.54, 1.807) is 37.3 Å². The molecule has 2 unspecified atom stereocenters. The van der Waals surface area contributed by atoms with Gasteiger partial charge in [-0.2, -0.15) is 0 Å². The highest BCUT2D eigenvalue weighted by Gasteiger charge is 2.55. The van der Waals surface area contributed by atoms with Crippen LogP contribution in [0.25, 0.3) is 6.08 Å². The molecule has 0 aromatic heterocycles. The molecule has 2 atom stereocenters. The van der Waals surface area contributed by atoms with Crippen molar-refractivity contribution in [1.29, 1.82) is 0 Å². The van der Waals surface area contributed by atoms with Crippen molar-refractivity contribution in [3.8, 4) is 0 Å². The first-order valence-electron chi connectivity index (χ1n) is 10.5. The number of carboxylic acids is 1. The lowest BCUT2D eigenvalue weighted by atomic mass is 9.79. The molecule has 1 aliphatic heterocycles. The Balaban J connectivity index is 1.77. The number of benzene rings is 2. The molecule has 9 heteroatoms. The summed E-state index contributed by atoms with van der Waals surface area (Å²) >= 11 is 0. The van der Waals surface area contributed by atoms with Crippen LogP contribution < -0.4 is 4.90 Å². The largest absolute Gasteiger partial charge is 0.481 e. The number of alkyl halides is 2. The van der Waals surface area contributed by atoms with Crippen molar-refractivity contribution in [3.63, 3.8) is 0 Å². The molecule has 2 aromatic rings. The fourth-order valence-corrected chi connectivity index (χ4v) is 4.51. The smallest absolute Gasteiger partial charge is 0.307 e. The monoisotopic (exact) mass is 461 g/mol. The van der Waals surface area contributed by atoms with Gasteiger partial charge in [0.25, 0.3) is 12.3 Å². The summed E-state index contributed by atoms with van der Waals surface area (Å²) in [6.07, 6.45) is -1.46. The maximum atomic E-state index is 14.9. The molecule has 1 aliphatic carbocycles. The first-order chi connectivity index (χ1) is 15.8. The van der Waals surface area contributed by atoms with Crippen LogP contribution in [-0.4, -0.2) is 43.2 Å². The molecule has 174 valence electrons. The van der Waals surface area contributed by atoms with E-state index >= 15 is 0 Å². The van der Waals surface area contributed by atoms with Gasteiger partial charge in [-0.25, -0.2) is 13.2 Å². The highest BCUT2D eigenvalue weighted by molar-refractivity contribution is 6.12. The minimum Gasteiger partial charge on any atom is -0.481 e. The van der Waals surface area contributed by atoms with Crippen LogP contribution in [0.15, 0.2) is 48.0 Å². The Bertz CT molecular complexity index is 1120. The predicted molar refractivity (Wildman–Crippen MR) is 113 cm³/mol. The molecule has 2 aromatic carbocycles. The van der Waals surface area contributed by atoms with E-state index in [9.17, 15) is 22.8 Å². The number of halogens is 3. The summed E-state index contributed by atoms with van der Waals surface area (Å²) in [6, 6.07) is 10.8. The van der Waals surface area contributed by atoms with Gasteiger partial charge in [0.05, 0.1) is 18.0 Å². The van der Waals surface area contributed by atoms with E-state index in [1.165, 1.54) is 17.0 Å². The van der Waals surface area contributed by atoms with E-state index in [4.69, 9.17) is 14.6 Å². The van der Waals surface area contributed by atoms with Crippen LogP contribution in [0.4, 0.5) is 18.9 Å². The van der Waals surface area contributed by atoms with Gasteiger partial charge in [-0.15, -0.1) is 0 Å².